The largest absolute Gasteiger partial charge is 0.372 e. The maximum Gasteiger partial charge on any atom is 0.158 e. The second-order valence-electron chi connectivity index (χ2n) is 7.85. The lowest BCUT2D eigenvalue weighted by Gasteiger charge is -2.29. The fourth-order valence-electron chi connectivity index (χ4n) is 4.51. The number of fused-ring (bicyclic) bond motifs is 2. The molecule has 3 aliphatic rings. The van der Waals surface area contributed by atoms with Gasteiger partial charge >= 0.3 is 0 Å². The zero-order chi connectivity index (χ0) is 18.0. The highest BCUT2D eigenvalue weighted by molar-refractivity contribution is 5.73. The van der Waals surface area contributed by atoms with Crippen molar-refractivity contribution in [1.29, 1.82) is 0 Å². The highest BCUT2D eigenvalue weighted by Crippen LogP contribution is 2.38. The summed E-state index contributed by atoms with van der Waals surface area (Å²) in [6.45, 7) is 4.58. The van der Waals surface area contributed by atoms with E-state index in [4.69, 9.17) is 9.72 Å². The Morgan fingerprint density at radius 3 is 2.93 bits per heavy atom. The molecule has 8 heteroatoms. The Bertz CT molecular complexity index is 1010. The van der Waals surface area contributed by atoms with E-state index < -0.39 is 0 Å². The predicted molar refractivity (Wildman–Crippen MR) is 98.7 cm³/mol. The third-order valence-electron chi connectivity index (χ3n) is 5.99. The molecule has 27 heavy (non-hydrogen) atoms. The first-order chi connectivity index (χ1) is 13.3. The van der Waals surface area contributed by atoms with Crippen molar-refractivity contribution in [2.24, 2.45) is 0 Å². The molecule has 0 amide bonds. The third-order valence-corrected chi connectivity index (χ3v) is 5.99. The Morgan fingerprint density at radius 1 is 1.19 bits per heavy atom. The average Bonchev–Trinajstić information content (AvgIpc) is 3.10. The van der Waals surface area contributed by atoms with Gasteiger partial charge in [0.25, 0.3) is 0 Å². The average molecular weight is 365 g/mol. The molecule has 6 rings (SSSR count). The number of ether oxygens (including phenoxy) is 1. The van der Waals surface area contributed by atoms with Gasteiger partial charge in [0.1, 0.15) is 29.5 Å². The van der Waals surface area contributed by atoms with Crippen LogP contribution in [0.25, 0.3) is 5.52 Å². The first kappa shape index (κ1) is 15.6. The lowest BCUT2D eigenvalue weighted by atomic mass is 10.1. The molecule has 1 saturated heterocycles. The molecule has 1 aliphatic carbocycles. The minimum atomic E-state index is 0.0522. The van der Waals surface area contributed by atoms with Gasteiger partial charge < -0.3 is 9.64 Å². The number of hydrogen-bond acceptors (Lipinski definition) is 6. The summed E-state index contributed by atoms with van der Waals surface area (Å²) in [6.07, 6.45) is 9.37. The SMILES string of the molecule is Cc1nc([C@H]2CCCO2)c2c(N3CCc4c(cnn4C4CC4)C3)ncnn12. The summed E-state index contributed by atoms with van der Waals surface area (Å²) in [5.74, 6) is 1.85. The number of aromatic nitrogens is 6. The summed E-state index contributed by atoms with van der Waals surface area (Å²) in [6, 6.07) is 0.634. The molecule has 2 aliphatic heterocycles. The molecule has 5 heterocycles. The molecule has 8 nitrogen and oxygen atoms in total. The topological polar surface area (TPSA) is 73.4 Å². The van der Waals surface area contributed by atoms with Crippen molar-refractivity contribution in [2.45, 2.75) is 57.7 Å². The van der Waals surface area contributed by atoms with Gasteiger partial charge in [0.05, 0.1) is 12.2 Å². The van der Waals surface area contributed by atoms with Crippen molar-refractivity contribution < 1.29 is 4.74 Å². The Morgan fingerprint density at radius 2 is 2.11 bits per heavy atom. The van der Waals surface area contributed by atoms with Gasteiger partial charge in [-0.05, 0) is 32.6 Å². The Labute approximate surface area is 157 Å². The van der Waals surface area contributed by atoms with Crippen molar-refractivity contribution >= 4 is 11.3 Å². The van der Waals surface area contributed by atoms with Gasteiger partial charge in [0.2, 0.25) is 0 Å². The van der Waals surface area contributed by atoms with Gasteiger partial charge in [-0.3, -0.25) is 4.68 Å². The van der Waals surface area contributed by atoms with Crippen LogP contribution in [0.3, 0.4) is 0 Å². The Kier molecular flexibility index (Phi) is 3.32. The highest BCUT2D eigenvalue weighted by atomic mass is 16.5. The highest BCUT2D eigenvalue weighted by Gasteiger charge is 2.32. The fourth-order valence-corrected chi connectivity index (χ4v) is 4.51. The van der Waals surface area contributed by atoms with E-state index in [1.54, 1.807) is 6.33 Å². The van der Waals surface area contributed by atoms with Crippen molar-refractivity contribution in [2.75, 3.05) is 18.1 Å². The van der Waals surface area contributed by atoms with Crippen LogP contribution in [0, 0.1) is 6.92 Å². The van der Waals surface area contributed by atoms with E-state index in [0.717, 1.165) is 61.8 Å². The van der Waals surface area contributed by atoms with Gasteiger partial charge in [-0.2, -0.15) is 10.2 Å². The van der Waals surface area contributed by atoms with E-state index in [0.29, 0.717) is 6.04 Å². The normalized spacial score (nSPS) is 22.6. The summed E-state index contributed by atoms with van der Waals surface area (Å²) in [5, 5.41) is 9.11. The van der Waals surface area contributed by atoms with Crippen molar-refractivity contribution in [3.63, 3.8) is 0 Å². The van der Waals surface area contributed by atoms with E-state index in [1.807, 2.05) is 17.6 Å². The molecule has 0 spiro atoms. The van der Waals surface area contributed by atoms with Crippen LogP contribution in [0.5, 0.6) is 0 Å². The molecule has 0 bridgehead atoms. The lowest BCUT2D eigenvalue weighted by Crippen LogP contribution is -2.32. The summed E-state index contributed by atoms with van der Waals surface area (Å²) >= 11 is 0. The van der Waals surface area contributed by atoms with Crippen molar-refractivity contribution in [3.8, 4) is 0 Å². The minimum absolute atomic E-state index is 0.0522. The van der Waals surface area contributed by atoms with Gasteiger partial charge in [-0.1, -0.05) is 0 Å². The number of rotatable bonds is 3. The van der Waals surface area contributed by atoms with Gasteiger partial charge in [-0.15, -0.1) is 0 Å². The standard InChI is InChI=1S/C19H23N7O/c1-12-23-17(16-3-2-8-27-16)18-19(20-11-22-25(12)18)24-7-6-15-13(10-24)9-21-26(15)14-4-5-14/h9,11,14,16H,2-8,10H2,1H3/t16-/m1/s1. The third kappa shape index (κ3) is 2.39. The van der Waals surface area contributed by atoms with E-state index in [1.165, 1.54) is 24.1 Å². The molecule has 0 aromatic carbocycles. The quantitative estimate of drug-likeness (QED) is 0.709. The Hall–Kier alpha value is -2.48. The number of aryl methyl sites for hydroxylation is 1. The molecule has 3 aromatic heterocycles. The van der Waals surface area contributed by atoms with Crippen LogP contribution < -0.4 is 4.90 Å². The van der Waals surface area contributed by atoms with E-state index in [2.05, 4.69) is 24.8 Å². The van der Waals surface area contributed by atoms with E-state index in [9.17, 15) is 0 Å². The summed E-state index contributed by atoms with van der Waals surface area (Å²) in [7, 11) is 0. The second kappa shape index (κ2) is 5.76. The first-order valence-corrected chi connectivity index (χ1v) is 9.91. The smallest absolute Gasteiger partial charge is 0.158 e. The van der Waals surface area contributed by atoms with Gasteiger partial charge in [0.15, 0.2) is 5.82 Å². The summed E-state index contributed by atoms with van der Waals surface area (Å²) in [4.78, 5) is 11.8. The van der Waals surface area contributed by atoms with E-state index in [-0.39, 0.29) is 6.10 Å². The van der Waals surface area contributed by atoms with Crippen LogP contribution in [0.1, 0.15) is 60.6 Å². The molecular formula is C19H23N7O. The molecule has 1 saturated carbocycles. The second-order valence-corrected chi connectivity index (χ2v) is 7.85. The van der Waals surface area contributed by atoms with Crippen LogP contribution in [-0.4, -0.2) is 42.5 Å². The van der Waals surface area contributed by atoms with Crippen LogP contribution in [0.2, 0.25) is 0 Å². The van der Waals surface area contributed by atoms with Crippen LogP contribution in [0.4, 0.5) is 5.82 Å². The number of nitrogens with zero attached hydrogens (tertiary/aromatic N) is 7. The van der Waals surface area contributed by atoms with Crippen molar-refractivity contribution in [3.05, 3.63) is 35.3 Å². The molecule has 0 N–H and O–H groups in total. The maximum absolute atomic E-state index is 5.93. The molecule has 0 unspecified atom stereocenters. The monoisotopic (exact) mass is 365 g/mol. The molecule has 0 radical (unpaired) electrons. The molecule has 1 atom stereocenters. The summed E-state index contributed by atoms with van der Waals surface area (Å²) in [5.41, 5.74) is 4.71. The van der Waals surface area contributed by atoms with Crippen LogP contribution >= 0.6 is 0 Å². The van der Waals surface area contributed by atoms with Gasteiger partial charge in [0, 0.05) is 37.4 Å². The van der Waals surface area contributed by atoms with Gasteiger partial charge in [-0.25, -0.2) is 14.5 Å². The molecule has 140 valence electrons. The van der Waals surface area contributed by atoms with Crippen molar-refractivity contribution in [1.82, 2.24) is 29.4 Å². The number of imidazole rings is 1. The van der Waals surface area contributed by atoms with E-state index >= 15 is 0 Å². The zero-order valence-corrected chi connectivity index (χ0v) is 15.5. The predicted octanol–water partition coefficient (Wildman–Crippen LogP) is 2.38. The molecule has 3 aromatic rings. The van der Waals surface area contributed by atoms with Crippen LogP contribution in [0.15, 0.2) is 12.5 Å². The minimum Gasteiger partial charge on any atom is -0.372 e. The molecular weight excluding hydrogens is 342 g/mol. The zero-order valence-electron chi connectivity index (χ0n) is 15.5. The van der Waals surface area contributed by atoms with Crippen LogP contribution in [-0.2, 0) is 17.7 Å². The fraction of sp³-hybridized carbons (Fsp3) is 0.579. The lowest BCUT2D eigenvalue weighted by molar-refractivity contribution is 0.110. The maximum atomic E-state index is 5.93. The number of anilines is 1. The Balaban J connectivity index is 1.42. The molecule has 2 fully saturated rings. The summed E-state index contributed by atoms with van der Waals surface area (Å²) < 4.78 is 10.1. The first-order valence-electron chi connectivity index (χ1n) is 9.91. The number of hydrogen-bond donors (Lipinski definition) is 0.